The van der Waals surface area contributed by atoms with Crippen molar-refractivity contribution in [3.05, 3.63) is 24.3 Å². The highest BCUT2D eigenvalue weighted by Gasteiger charge is 2.18. The van der Waals surface area contributed by atoms with Gasteiger partial charge in [-0.1, -0.05) is 276 Å². The van der Waals surface area contributed by atoms with Gasteiger partial charge < -0.3 is 20.3 Å². The number of aliphatic hydroxyl groups is 2. The molecule has 0 saturated heterocycles. The molecule has 0 aromatic rings. The molecule has 0 radical (unpaired) electrons. The normalized spacial score (nSPS) is 12.7. The molecule has 0 aliphatic carbocycles. The second-order valence-corrected chi connectivity index (χ2v) is 20.3. The maximum Gasteiger partial charge on any atom is 0.305 e. The molecule has 0 aliphatic rings. The zero-order valence-corrected chi connectivity index (χ0v) is 44.4. The van der Waals surface area contributed by atoms with Gasteiger partial charge in [-0.3, -0.25) is 9.59 Å². The molecule has 66 heavy (non-hydrogen) atoms. The van der Waals surface area contributed by atoms with Gasteiger partial charge in [0.2, 0.25) is 5.91 Å². The Hall–Kier alpha value is -1.66. The van der Waals surface area contributed by atoms with Gasteiger partial charge in [-0.05, 0) is 57.8 Å². The van der Waals surface area contributed by atoms with Crippen LogP contribution in [0.1, 0.15) is 322 Å². The summed E-state index contributed by atoms with van der Waals surface area (Å²) >= 11 is 0. The molecule has 0 saturated carbocycles. The van der Waals surface area contributed by atoms with Gasteiger partial charge in [0.15, 0.2) is 0 Å². The quantitative estimate of drug-likeness (QED) is 0.0321. The first kappa shape index (κ1) is 64.3. The van der Waals surface area contributed by atoms with Crippen molar-refractivity contribution in [3.8, 4) is 0 Å². The molecule has 0 heterocycles. The van der Waals surface area contributed by atoms with E-state index in [-0.39, 0.29) is 18.5 Å². The van der Waals surface area contributed by atoms with Gasteiger partial charge in [-0.2, -0.15) is 0 Å². The van der Waals surface area contributed by atoms with Gasteiger partial charge in [-0.15, -0.1) is 0 Å². The van der Waals surface area contributed by atoms with Crippen molar-refractivity contribution in [1.29, 1.82) is 0 Å². The van der Waals surface area contributed by atoms with E-state index < -0.39 is 12.1 Å². The van der Waals surface area contributed by atoms with E-state index >= 15 is 0 Å². The average molecular weight is 931 g/mol. The fourth-order valence-corrected chi connectivity index (χ4v) is 9.16. The van der Waals surface area contributed by atoms with E-state index in [4.69, 9.17) is 4.74 Å². The fraction of sp³-hybridized carbons (Fsp3) is 0.900. The smallest absolute Gasteiger partial charge is 0.305 e. The summed E-state index contributed by atoms with van der Waals surface area (Å²) in [6, 6.07) is -0.654. The lowest BCUT2D eigenvalue weighted by Gasteiger charge is -2.20. The molecule has 6 nitrogen and oxygen atoms in total. The highest BCUT2D eigenvalue weighted by Crippen LogP contribution is 2.17. The summed E-state index contributed by atoms with van der Waals surface area (Å²) in [5, 5.41) is 23.2. The number of amides is 1. The number of carbonyl (C=O) groups is 2. The first-order chi connectivity index (χ1) is 32.5. The zero-order valence-electron chi connectivity index (χ0n) is 44.4. The molecule has 6 heteroatoms. The van der Waals surface area contributed by atoms with Crippen molar-refractivity contribution in [2.45, 2.75) is 334 Å². The van der Waals surface area contributed by atoms with Gasteiger partial charge in [0.1, 0.15) is 0 Å². The van der Waals surface area contributed by atoms with Crippen LogP contribution in [0.3, 0.4) is 0 Å². The third kappa shape index (κ3) is 51.7. The Labute approximate surface area is 411 Å². The standard InChI is InChI=1S/C60H115NO5/c1-3-5-7-9-11-13-15-17-19-20-21-22-23-24-25-26-27-28-29-30-32-36-40-44-48-52-58(63)57(56-62)61-59(64)53-49-45-41-37-34-35-39-43-47-51-55-66-60(65)54-50-46-42-38-33-31-18-16-14-12-10-8-6-4-2/h35,39,48,52,57-58,62-63H,3-34,36-38,40-47,49-51,53-56H2,1-2H3,(H,61,64)/b39-35-,52-48+. The molecule has 2 unspecified atom stereocenters. The lowest BCUT2D eigenvalue weighted by molar-refractivity contribution is -0.143. The highest BCUT2D eigenvalue weighted by atomic mass is 16.5. The average Bonchev–Trinajstić information content (AvgIpc) is 3.32. The Bertz CT molecular complexity index is 1030. The molecular formula is C60H115NO5. The first-order valence-electron chi connectivity index (χ1n) is 29.6. The van der Waals surface area contributed by atoms with Gasteiger partial charge in [0, 0.05) is 12.8 Å². The van der Waals surface area contributed by atoms with Crippen LogP contribution >= 0.6 is 0 Å². The second kappa shape index (κ2) is 55.9. The molecular weight excluding hydrogens is 815 g/mol. The lowest BCUT2D eigenvalue weighted by atomic mass is 10.0. The fourth-order valence-electron chi connectivity index (χ4n) is 9.16. The van der Waals surface area contributed by atoms with E-state index in [1.165, 1.54) is 218 Å². The molecule has 0 aromatic heterocycles. The Morgan fingerprint density at radius 2 is 0.712 bits per heavy atom. The SMILES string of the molecule is CCCCCCCCCCCCCCCCCCCCCCCCC/C=C/C(O)C(CO)NC(=O)CCCCCC/C=C\CCCCOC(=O)CCCCCCCCCCCCCCCC. The maximum atomic E-state index is 12.5. The Morgan fingerprint density at radius 3 is 1.08 bits per heavy atom. The highest BCUT2D eigenvalue weighted by molar-refractivity contribution is 5.76. The van der Waals surface area contributed by atoms with Gasteiger partial charge in [0.25, 0.3) is 0 Å². The van der Waals surface area contributed by atoms with Crippen molar-refractivity contribution in [3.63, 3.8) is 0 Å². The van der Waals surface area contributed by atoms with Crippen molar-refractivity contribution < 1.29 is 24.5 Å². The first-order valence-corrected chi connectivity index (χ1v) is 29.6. The van der Waals surface area contributed by atoms with Gasteiger partial charge in [-0.25, -0.2) is 0 Å². The molecule has 3 N–H and O–H groups in total. The van der Waals surface area contributed by atoms with Crippen LogP contribution in [0.15, 0.2) is 24.3 Å². The van der Waals surface area contributed by atoms with Crippen LogP contribution in [0.2, 0.25) is 0 Å². The monoisotopic (exact) mass is 930 g/mol. The number of hydrogen-bond donors (Lipinski definition) is 3. The summed E-state index contributed by atoms with van der Waals surface area (Å²) in [4.78, 5) is 24.5. The van der Waals surface area contributed by atoms with E-state index in [0.717, 1.165) is 77.0 Å². The van der Waals surface area contributed by atoms with E-state index in [2.05, 4.69) is 31.3 Å². The van der Waals surface area contributed by atoms with Crippen LogP contribution in [0, 0.1) is 0 Å². The number of allylic oxidation sites excluding steroid dienone is 3. The number of nitrogens with one attached hydrogen (secondary N) is 1. The van der Waals surface area contributed by atoms with E-state index in [0.29, 0.717) is 19.4 Å². The Balaban J connectivity index is 3.53. The third-order valence-electron chi connectivity index (χ3n) is 13.7. The van der Waals surface area contributed by atoms with Crippen LogP contribution in [-0.4, -0.2) is 47.4 Å². The molecule has 390 valence electrons. The number of aliphatic hydroxyl groups excluding tert-OH is 2. The summed E-state index contributed by atoms with van der Waals surface area (Å²) in [7, 11) is 0. The van der Waals surface area contributed by atoms with Gasteiger partial charge >= 0.3 is 5.97 Å². The van der Waals surface area contributed by atoms with Crippen molar-refractivity contribution >= 4 is 11.9 Å². The number of rotatable bonds is 55. The summed E-state index contributed by atoms with van der Waals surface area (Å²) < 4.78 is 5.44. The van der Waals surface area contributed by atoms with E-state index in [1.807, 2.05) is 6.08 Å². The Kier molecular flexibility index (Phi) is 54.5. The van der Waals surface area contributed by atoms with E-state index in [9.17, 15) is 19.8 Å². The number of hydrogen-bond acceptors (Lipinski definition) is 5. The van der Waals surface area contributed by atoms with Crippen LogP contribution in [0.4, 0.5) is 0 Å². The van der Waals surface area contributed by atoms with Crippen LogP contribution in [0.25, 0.3) is 0 Å². The van der Waals surface area contributed by atoms with Crippen molar-refractivity contribution in [2.75, 3.05) is 13.2 Å². The number of ether oxygens (including phenoxy) is 1. The van der Waals surface area contributed by atoms with E-state index in [1.54, 1.807) is 6.08 Å². The maximum absolute atomic E-state index is 12.5. The van der Waals surface area contributed by atoms with Crippen LogP contribution < -0.4 is 5.32 Å². The molecule has 0 aliphatic heterocycles. The summed E-state index contributed by atoms with van der Waals surface area (Å²) in [6.45, 7) is 4.84. The predicted molar refractivity (Wildman–Crippen MR) is 287 cm³/mol. The Morgan fingerprint density at radius 1 is 0.409 bits per heavy atom. The molecule has 2 atom stereocenters. The summed E-state index contributed by atoms with van der Waals surface area (Å²) in [5.41, 5.74) is 0. The topological polar surface area (TPSA) is 95.9 Å². The minimum atomic E-state index is -0.867. The van der Waals surface area contributed by atoms with Crippen molar-refractivity contribution in [2.24, 2.45) is 0 Å². The molecule has 0 rings (SSSR count). The van der Waals surface area contributed by atoms with Crippen LogP contribution in [-0.2, 0) is 14.3 Å². The zero-order chi connectivity index (χ0) is 47.9. The van der Waals surface area contributed by atoms with Crippen LogP contribution in [0.5, 0.6) is 0 Å². The molecule has 0 fully saturated rings. The largest absolute Gasteiger partial charge is 0.466 e. The molecule has 0 bridgehead atoms. The summed E-state index contributed by atoms with van der Waals surface area (Å²) in [5.74, 6) is -0.136. The third-order valence-corrected chi connectivity index (χ3v) is 13.7. The van der Waals surface area contributed by atoms with Crippen molar-refractivity contribution in [1.82, 2.24) is 5.32 Å². The molecule has 0 spiro atoms. The number of carbonyl (C=O) groups excluding carboxylic acids is 2. The summed E-state index contributed by atoms with van der Waals surface area (Å²) in [6.07, 6.45) is 67.8. The van der Waals surface area contributed by atoms with Gasteiger partial charge in [0.05, 0.1) is 25.4 Å². The molecule has 1 amide bonds. The molecule has 0 aromatic carbocycles. The minimum Gasteiger partial charge on any atom is -0.466 e. The number of esters is 1. The second-order valence-electron chi connectivity index (χ2n) is 20.3. The minimum absolute atomic E-state index is 0.0354. The number of unbranched alkanes of at least 4 members (excludes halogenated alkanes) is 42. The lowest BCUT2D eigenvalue weighted by Crippen LogP contribution is -2.45. The predicted octanol–water partition coefficient (Wildman–Crippen LogP) is 18.2.